The second-order valence-electron chi connectivity index (χ2n) is 5.12. The van der Waals surface area contributed by atoms with Crippen LogP contribution in [-0.4, -0.2) is 21.1 Å². The Kier molecular flexibility index (Phi) is 4.07. The van der Waals surface area contributed by atoms with E-state index in [1.54, 1.807) is 42.5 Å². The van der Waals surface area contributed by atoms with E-state index in [9.17, 15) is 14.7 Å². The fourth-order valence-corrected chi connectivity index (χ4v) is 2.20. The quantitative estimate of drug-likeness (QED) is 0.503. The standard InChI is InChI=1S/C17H14N4O3/c1-10(22)11-6-8-12(9-7-11)18-20-16-15(19-21-17(16)24)13-4-2-3-5-14(13)23/h2-9,23H,1H3,(H2,19,21,24). The highest BCUT2D eigenvalue weighted by atomic mass is 16.3. The molecule has 1 heterocycles. The first-order chi connectivity index (χ1) is 11.6. The van der Waals surface area contributed by atoms with Crippen LogP contribution in [0.3, 0.4) is 0 Å². The highest BCUT2D eigenvalue weighted by molar-refractivity contribution is 5.94. The first kappa shape index (κ1) is 15.4. The van der Waals surface area contributed by atoms with Gasteiger partial charge < -0.3 is 5.11 Å². The summed E-state index contributed by atoms with van der Waals surface area (Å²) < 4.78 is 0. The number of carbonyl (C=O) groups is 1. The number of rotatable bonds is 4. The summed E-state index contributed by atoms with van der Waals surface area (Å²) in [5.41, 5.74) is 1.48. The van der Waals surface area contributed by atoms with E-state index in [1.165, 1.54) is 13.0 Å². The van der Waals surface area contributed by atoms with E-state index in [-0.39, 0.29) is 17.2 Å². The second-order valence-corrected chi connectivity index (χ2v) is 5.12. The largest absolute Gasteiger partial charge is 0.507 e. The molecule has 0 radical (unpaired) electrons. The zero-order valence-corrected chi connectivity index (χ0v) is 12.8. The van der Waals surface area contributed by atoms with Crippen molar-refractivity contribution in [2.45, 2.75) is 6.92 Å². The van der Waals surface area contributed by atoms with Crippen molar-refractivity contribution in [3.05, 3.63) is 64.4 Å². The molecule has 24 heavy (non-hydrogen) atoms. The van der Waals surface area contributed by atoms with Crippen LogP contribution in [0.15, 0.2) is 63.6 Å². The van der Waals surface area contributed by atoms with Crippen molar-refractivity contribution >= 4 is 17.2 Å². The van der Waals surface area contributed by atoms with E-state index >= 15 is 0 Å². The van der Waals surface area contributed by atoms with Crippen LogP contribution in [0.1, 0.15) is 17.3 Å². The summed E-state index contributed by atoms with van der Waals surface area (Å²) in [5.74, 6) is -0.0163. The molecule has 0 saturated carbocycles. The first-order valence-electron chi connectivity index (χ1n) is 7.18. The van der Waals surface area contributed by atoms with Crippen LogP contribution < -0.4 is 5.56 Å². The van der Waals surface area contributed by atoms with Gasteiger partial charge in [-0.25, -0.2) is 0 Å². The van der Waals surface area contributed by atoms with Gasteiger partial charge in [0.2, 0.25) is 0 Å². The molecule has 0 aliphatic rings. The zero-order valence-electron chi connectivity index (χ0n) is 12.8. The number of aromatic hydroxyl groups is 1. The van der Waals surface area contributed by atoms with Crippen LogP contribution in [0, 0.1) is 0 Å². The minimum atomic E-state index is -0.447. The summed E-state index contributed by atoms with van der Waals surface area (Å²) in [7, 11) is 0. The number of carbonyl (C=O) groups excluding carboxylic acids is 1. The van der Waals surface area contributed by atoms with Crippen molar-refractivity contribution in [3.8, 4) is 17.0 Å². The van der Waals surface area contributed by atoms with E-state index in [0.717, 1.165) is 0 Å². The van der Waals surface area contributed by atoms with Gasteiger partial charge in [0.05, 0.1) is 11.4 Å². The molecule has 0 atom stereocenters. The Labute approximate surface area is 136 Å². The third-order valence-corrected chi connectivity index (χ3v) is 3.47. The lowest BCUT2D eigenvalue weighted by Crippen LogP contribution is -1.96. The zero-order chi connectivity index (χ0) is 17.1. The lowest BCUT2D eigenvalue weighted by Gasteiger charge is -2.01. The second kappa shape index (κ2) is 6.33. The van der Waals surface area contributed by atoms with Crippen LogP contribution in [0.5, 0.6) is 5.75 Å². The summed E-state index contributed by atoms with van der Waals surface area (Å²) in [4.78, 5) is 23.2. The number of hydrogen-bond acceptors (Lipinski definition) is 5. The number of aromatic amines is 2. The van der Waals surface area contributed by atoms with Crippen LogP contribution in [0.2, 0.25) is 0 Å². The van der Waals surface area contributed by atoms with Gasteiger partial charge in [0.25, 0.3) is 5.56 Å². The van der Waals surface area contributed by atoms with Crippen LogP contribution >= 0.6 is 0 Å². The van der Waals surface area contributed by atoms with Gasteiger partial charge in [-0.05, 0) is 43.3 Å². The van der Waals surface area contributed by atoms with Gasteiger partial charge in [-0.3, -0.25) is 19.8 Å². The lowest BCUT2D eigenvalue weighted by molar-refractivity contribution is 0.101. The van der Waals surface area contributed by atoms with Gasteiger partial charge in [0, 0.05) is 11.1 Å². The van der Waals surface area contributed by atoms with Gasteiger partial charge in [0.1, 0.15) is 5.75 Å². The molecule has 3 N–H and O–H groups in total. The van der Waals surface area contributed by atoms with Crippen molar-refractivity contribution in [1.29, 1.82) is 0 Å². The minimum Gasteiger partial charge on any atom is -0.507 e. The monoisotopic (exact) mass is 322 g/mol. The lowest BCUT2D eigenvalue weighted by atomic mass is 10.1. The number of azo groups is 1. The molecule has 0 bridgehead atoms. The third-order valence-electron chi connectivity index (χ3n) is 3.47. The molecule has 0 aliphatic carbocycles. The summed E-state index contributed by atoms with van der Waals surface area (Å²) in [5, 5.41) is 23.1. The molecule has 120 valence electrons. The molecule has 0 unspecified atom stereocenters. The van der Waals surface area contributed by atoms with E-state index in [4.69, 9.17) is 0 Å². The van der Waals surface area contributed by atoms with Gasteiger partial charge in [0.15, 0.2) is 11.5 Å². The number of ketones is 1. The van der Waals surface area contributed by atoms with E-state index in [1.807, 2.05) is 0 Å². The molecule has 7 heteroatoms. The fourth-order valence-electron chi connectivity index (χ4n) is 2.20. The highest BCUT2D eigenvalue weighted by Gasteiger charge is 2.14. The van der Waals surface area contributed by atoms with Gasteiger partial charge >= 0.3 is 0 Å². The third kappa shape index (κ3) is 3.00. The van der Waals surface area contributed by atoms with Crippen molar-refractivity contribution < 1.29 is 9.90 Å². The Morgan fingerprint density at radius 3 is 2.38 bits per heavy atom. The van der Waals surface area contributed by atoms with Crippen molar-refractivity contribution in [2.24, 2.45) is 10.2 Å². The summed E-state index contributed by atoms with van der Waals surface area (Å²) in [6.45, 7) is 1.48. The minimum absolute atomic E-state index is 0.0232. The number of nitrogens with zero attached hydrogens (tertiary/aromatic N) is 2. The van der Waals surface area contributed by atoms with Crippen LogP contribution in [-0.2, 0) is 0 Å². The smallest absolute Gasteiger partial charge is 0.292 e. The Morgan fingerprint density at radius 1 is 1.00 bits per heavy atom. The predicted molar refractivity (Wildman–Crippen MR) is 89.1 cm³/mol. The molecule has 2 aromatic carbocycles. The number of Topliss-reactive ketones (excluding diaryl/α,β-unsaturated/α-hetero) is 1. The Hall–Kier alpha value is -3.48. The number of para-hydroxylation sites is 1. The maximum atomic E-state index is 11.9. The molecule has 7 nitrogen and oxygen atoms in total. The number of hydrogen-bond donors (Lipinski definition) is 3. The normalized spacial score (nSPS) is 11.0. The van der Waals surface area contributed by atoms with Gasteiger partial charge in [-0.15, -0.1) is 5.11 Å². The topological polar surface area (TPSA) is 111 Å². The SMILES string of the molecule is CC(=O)c1ccc(N=Nc2c(-c3ccccc3O)[nH][nH]c2=O)cc1. The van der Waals surface area contributed by atoms with Gasteiger partial charge in [-0.2, -0.15) is 5.11 Å². The summed E-state index contributed by atoms with van der Waals surface area (Å²) in [6, 6.07) is 13.2. The average Bonchev–Trinajstić information content (AvgIpc) is 2.94. The van der Waals surface area contributed by atoms with E-state index in [2.05, 4.69) is 20.4 Å². The number of benzene rings is 2. The summed E-state index contributed by atoms with van der Waals surface area (Å²) >= 11 is 0. The molecular weight excluding hydrogens is 308 g/mol. The number of aromatic nitrogens is 2. The maximum absolute atomic E-state index is 11.9. The molecule has 3 aromatic rings. The Bertz CT molecular complexity index is 968. The van der Waals surface area contributed by atoms with E-state index < -0.39 is 5.56 Å². The number of phenols is 1. The Morgan fingerprint density at radius 2 is 1.71 bits per heavy atom. The predicted octanol–water partition coefficient (Wildman–Crippen LogP) is 3.69. The molecule has 0 amide bonds. The molecule has 0 aliphatic heterocycles. The molecule has 0 fully saturated rings. The first-order valence-corrected chi connectivity index (χ1v) is 7.18. The van der Waals surface area contributed by atoms with Crippen molar-refractivity contribution in [3.63, 3.8) is 0 Å². The average molecular weight is 322 g/mol. The number of phenolic OH excluding ortho intramolecular Hbond substituents is 1. The van der Waals surface area contributed by atoms with Crippen molar-refractivity contribution in [2.75, 3.05) is 0 Å². The molecule has 3 rings (SSSR count). The molecule has 0 spiro atoms. The Balaban J connectivity index is 1.96. The van der Waals surface area contributed by atoms with E-state index in [0.29, 0.717) is 22.5 Å². The summed E-state index contributed by atoms with van der Waals surface area (Å²) in [6.07, 6.45) is 0. The van der Waals surface area contributed by atoms with Crippen LogP contribution in [0.25, 0.3) is 11.3 Å². The molecular formula is C17H14N4O3. The van der Waals surface area contributed by atoms with Crippen molar-refractivity contribution in [1.82, 2.24) is 10.2 Å². The molecule has 1 aromatic heterocycles. The number of H-pyrrole nitrogens is 2. The van der Waals surface area contributed by atoms with Gasteiger partial charge in [-0.1, -0.05) is 12.1 Å². The highest BCUT2D eigenvalue weighted by Crippen LogP contribution is 2.32. The van der Waals surface area contributed by atoms with Crippen LogP contribution in [0.4, 0.5) is 11.4 Å². The fraction of sp³-hybridized carbons (Fsp3) is 0.0588. The number of nitrogens with one attached hydrogen (secondary N) is 2. The maximum Gasteiger partial charge on any atom is 0.292 e. The molecule has 0 saturated heterocycles.